The zero-order valence-corrected chi connectivity index (χ0v) is 18.7. The van der Waals surface area contributed by atoms with Gasteiger partial charge in [0.25, 0.3) is 5.91 Å². The van der Waals surface area contributed by atoms with Gasteiger partial charge in [-0.1, -0.05) is 66.7 Å². The summed E-state index contributed by atoms with van der Waals surface area (Å²) in [6, 6.07) is 24.6. The van der Waals surface area contributed by atoms with Gasteiger partial charge in [-0.3, -0.25) is 14.4 Å². The molecule has 0 saturated carbocycles. The Hall–Kier alpha value is -4.17. The molecule has 7 nitrogen and oxygen atoms in total. The SMILES string of the molecule is O=C1N=C(Nc2ccc(CC(C(=O)O)C(=O)O)cc2)SC1=Cc1ccc(-c2ccccc2)cc1. The van der Waals surface area contributed by atoms with Crippen molar-refractivity contribution in [2.45, 2.75) is 6.42 Å². The summed E-state index contributed by atoms with van der Waals surface area (Å²) < 4.78 is 0. The number of nitrogens with one attached hydrogen (secondary N) is 1. The molecular formula is C26H20N2O5S. The second kappa shape index (κ2) is 10.2. The van der Waals surface area contributed by atoms with E-state index < -0.39 is 17.9 Å². The lowest BCUT2D eigenvalue weighted by Gasteiger charge is -2.09. The Labute approximate surface area is 199 Å². The van der Waals surface area contributed by atoms with Crippen LogP contribution in [0.3, 0.4) is 0 Å². The van der Waals surface area contributed by atoms with Crippen LogP contribution in [0.5, 0.6) is 0 Å². The predicted molar refractivity (Wildman–Crippen MR) is 132 cm³/mol. The van der Waals surface area contributed by atoms with E-state index in [4.69, 9.17) is 10.2 Å². The van der Waals surface area contributed by atoms with Crippen LogP contribution < -0.4 is 5.32 Å². The fourth-order valence-corrected chi connectivity index (χ4v) is 4.21. The van der Waals surface area contributed by atoms with Crippen molar-refractivity contribution in [3.8, 4) is 11.1 Å². The van der Waals surface area contributed by atoms with Gasteiger partial charge in [-0.2, -0.15) is 4.99 Å². The van der Waals surface area contributed by atoms with Gasteiger partial charge in [-0.25, -0.2) is 0 Å². The highest BCUT2D eigenvalue weighted by atomic mass is 32.2. The van der Waals surface area contributed by atoms with Crippen LogP contribution in [0.2, 0.25) is 0 Å². The molecule has 3 aromatic carbocycles. The number of carboxylic acid groups (broad SMARTS) is 2. The van der Waals surface area contributed by atoms with Crippen molar-refractivity contribution >= 4 is 46.5 Å². The zero-order valence-electron chi connectivity index (χ0n) is 17.8. The van der Waals surface area contributed by atoms with Gasteiger partial charge in [0.15, 0.2) is 11.1 Å². The number of rotatable bonds is 7. The Morgan fingerprint density at radius 1 is 0.882 bits per heavy atom. The summed E-state index contributed by atoms with van der Waals surface area (Å²) in [5.74, 6) is -4.58. The Morgan fingerprint density at radius 3 is 2.12 bits per heavy atom. The lowest BCUT2D eigenvalue weighted by molar-refractivity contribution is -0.154. The van der Waals surface area contributed by atoms with E-state index >= 15 is 0 Å². The van der Waals surface area contributed by atoms with Gasteiger partial charge in [-0.05, 0) is 58.6 Å². The number of carboxylic acids is 2. The lowest BCUT2D eigenvalue weighted by atomic mass is 9.99. The summed E-state index contributed by atoms with van der Waals surface area (Å²) in [7, 11) is 0. The minimum Gasteiger partial charge on any atom is -0.481 e. The van der Waals surface area contributed by atoms with Crippen molar-refractivity contribution in [1.29, 1.82) is 0 Å². The Balaban J connectivity index is 1.39. The van der Waals surface area contributed by atoms with E-state index in [9.17, 15) is 14.4 Å². The maximum absolute atomic E-state index is 12.3. The number of hydrogen-bond acceptors (Lipinski definition) is 5. The molecule has 1 heterocycles. The second-order valence-electron chi connectivity index (χ2n) is 7.58. The van der Waals surface area contributed by atoms with E-state index in [1.54, 1.807) is 30.3 Å². The number of benzene rings is 3. The normalized spacial score (nSPS) is 14.3. The van der Waals surface area contributed by atoms with Crippen LogP contribution in [-0.2, 0) is 20.8 Å². The lowest BCUT2D eigenvalue weighted by Crippen LogP contribution is -2.25. The molecule has 0 radical (unpaired) electrons. The number of carbonyl (C=O) groups is 3. The third-order valence-electron chi connectivity index (χ3n) is 5.18. The summed E-state index contributed by atoms with van der Waals surface area (Å²) in [6.45, 7) is 0. The molecule has 4 rings (SSSR count). The van der Waals surface area contributed by atoms with Gasteiger partial charge in [0, 0.05) is 5.69 Å². The number of amidine groups is 1. The molecule has 3 aromatic rings. The van der Waals surface area contributed by atoms with Crippen molar-refractivity contribution in [2.24, 2.45) is 10.9 Å². The maximum atomic E-state index is 12.3. The van der Waals surface area contributed by atoms with Crippen LogP contribution in [0.25, 0.3) is 17.2 Å². The van der Waals surface area contributed by atoms with Gasteiger partial charge < -0.3 is 15.5 Å². The molecule has 3 N–H and O–H groups in total. The summed E-state index contributed by atoms with van der Waals surface area (Å²) in [4.78, 5) is 39.0. The first kappa shape index (κ1) is 23.0. The highest BCUT2D eigenvalue weighted by molar-refractivity contribution is 8.18. The maximum Gasteiger partial charge on any atom is 0.318 e. The predicted octanol–water partition coefficient (Wildman–Crippen LogP) is 4.76. The number of nitrogens with zero attached hydrogens (tertiary/aromatic N) is 1. The molecule has 170 valence electrons. The second-order valence-corrected chi connectivity index (χ2v) is 8.61. The Morgan fingerprint density at radius 2 is 1.50 bits per heavy atom. The van der Waals surface area contributed by atoms with Gasteiger partial charge in [-0.15, -0.1) is 0 Å². The highest BCUT2D eigenvalue weighted by Crippen LogP contribution is 2.30. The smallest absolute Gasteiger partial charge is 0.318 e. The third-order valence-corrected chi connectivity index (χ3v) is 6.08. The topological polar surface area (TPSA) is 116 Å². The monoisotopic (exact) mass is 472 g/mol. The Kier molecular flexibility index (Phi) is 6.89. The number of carbonyl (C=O) groups excluding carboxylic acids is 1. The Bertz CT molecular complexity index is 1270. The van der Waals surface area contributed by atoms with E-state index in [0.29, 0.717) is 21.3 Å². The molecule has 0 saturated heterocycles. The fourth-order valence-electron chi connectivity index (χ4n) is 3.38. The molecule has 0 bridgehead atoms. The van der Waals surface area contributed by atoms with Crippen molar-refractivity contribution in [3.63, 3.8) is 0 Å². The number of thioether (sulfide) groups is 1. The van der Waals surface area contributed by atoms with Crippen LogP contribution in [0.4, 0.5) is 5.69 Å². The van der Waals surface area contributed by atoms with Gasteiger partial charge in [0.2, 0.25) is 0 Å². The molecule has 0 spiro atoms. The molecule has 1 amide bonds. The van der Waals surface area contributed by atoms with Crippen molar-refractivity contribution in [1.82, 2.24) is 0 Å². The quantitative estimate of drug-likeness (QED) is 0.335. The van der Waals surface area contributed by atoms with E-state index in [-0.39, 0.29) is 12.3 Å². The fraction of sp³-hybridized carbons (Fsp3) is 0.0769. The number of hydrogen-bond donors (Lipinski definition) is 3. The van der Waals surface area contributed by atoms with Crippen LogP contribution in [0, 0.1) is 5.92 Å². The zero-order chi connectivity index (χ0) is 24.1. The van der Waals surface area contributed by atoms with Crippen LogP contribution in [0.15, 0.2) is 88.8 Å². The van der Waals surface area contributed by atoms with Gasteiger partial charge in [0.1, 0.15) is 0 Å². The van der Waals surface area contributed by atoms with Crippen molar-refractivity contribution in [2.75, 3.05) is 5.32 Å². The van der Waals surface area contributed by atoms with Crippen LogP contribution >= 0.6 is 11.8 Å². The number of aliphatic carboxylic acids is 2. The standard InChI is InChI=1S/C26H20N2O5S/c29-23-22(15-17-6-10-19(11-7-17)18-4-2-1-3-5-18)34-26(28-23)27-20-12-8-16(9-13-20)14-21(24(30)31)25(32)33/h1-13,15,21H,14H2,(H,30,31)(H,32,33)(H,27,28,29). The first-order valence-electron chi connectivity index (χ1n) is 10.4. The molecule has 0 aromatic heterocycles. The highest BCUT2D eigenvalue weighted by Gasteiger charge is 2.26. The van der Waals surface area contributed by atoms with Crippen molar-refractivity contribution in [3.05, 3.63) is 94.9 Å². The molecule has 34 heavy (non-hydrogen) atoms. The first-order valence-corrected chi connectivity index (χ1v) is 11.2. The molecular weight excluding hydrogens is 452 g/mol. The average Bonchev–Trinajstić information content (AvgIpc) is 3.17. The van der Waals surface area contributed by atoms with Gasteiger partial charge in [0.05, 0.1) is 4.91 Å². The molecule has 0 aliphatic carbocycles. The molecule has 1 aliphatic heterocycles. The van der Waals surface area contributed by atoms with E-state index in [1.807, 2.05) is 54.6 Å². The molecule has 0 unspecified atom stereocenters. The third kappa shape index (κ3) is 5.60. The summed E-state index contributed by atoms with van der Waals surface area (Å²) in [5.41, 5.74) is 4.33. The molecule has 0 fully saturated rings. The molecule has 0 atom stereocenters. The number of amides is 1. The van der Waals surface area contributed by atoms with Gasteiger partial charge >= 0.3 is 11.9 Å². The average molecular weight is 473 g/mol. The largest absolute Gasteiger partial charge is 0.481 e. The molecule has 1 aliphatic rings. The van der Waals surface area contributed by atoms with E-state index in [1.165, 1.54) is 11.8 Å². The minimum absolute atomic E-state index is 0.116. The number of aliphatic imine (C=N–C) groups is 1. The van der Waals surface area contributed by atoms with Crippen LogP contribution in [-0.4, -0.2) is 33.2 Å². The van der Waals surface area contributed by atoms with E-state index in [0.717, 1.165) is 16.7 Å². The minimum atomic E-state index is -1.50. The molecule has 8 heteroatoms. The summed E-state index contributed by atoms with van der Waals surface area (Å²) in [5, 5.41) is 21.5. The summed E-state index contributed by atoms with van der Waals surface area (Å²) in [6.07, 6.45) is 1.68. The van der Waals surface area contributed by atoms with E-state index in [2.05, 4.69) is 10.3 Å². The number of anilines is 1. The summed E-state index contributed by atoms with van der Waals surface area (Å²) >= 11 is 1.23. The first-order chi connectivity index (χ1) is 16.4. The van der Waals surface area contributed by atoms with Crippen molar-refractivity contribution < 1.29 is 24.6 Å². The van der Waals surface area contributed by atoms with Crippen LogP contribution in [0.1, 0.15) is 11.1 Å².